The lowest BCUT2D eigenvalue weighted by molar-refractivity contribution is -0.137. The summed E-state index contributed by atoms with van der Waals surface area (Å²) in [6.45, 7) is 1.08. The van der Waals surface area contributed by atoms with Gasteiger partial charge in [-0.15, -0.1) is 0 Å². The van der Waals surface area contributed by atoms with E-state index in [1.54, 1.807) is 18.2 Å². The molecule has 0 aromatic rings. The molecule has 12 heavy (non-hydrogen) atoms. The molecule has 1 rings (SSSR count). The number of carboxylic acid groups (broad SMARTS) is 1. The lowest BCUT2D eigenvalue weighted by Gasteiger charge is -1.88. The number of carbonyl (C=O) groups is 2. The highest BCUT2D eigenvalue weighted by atomic mass is 16.5. The normalized spacial score (nSPS) is 13.9. The van der Waals surface area contributed by atoms with Crippen LogP contribution in [0.1, 0.15) is 13.3 Å². The fourth-order valence-corrected chi connectivity index (χ4v) is 0.451. The number of rotatable bonds is 0. The van der Waals surface area contributed by atoms with Gasteiger partial charge in [0.2, 0.25) is 0 Å². The predicted octanol–water partition coefficient (Wildman–Crippen LogP) is 1.09. The van der Waals surface area contributed by atoms with Crippen LogP contribution in [0.15, 0.2) is 24.5 Å². The molecule has 0 unspecified atom stereocenters. The van der Waals surface area contributed by atoms with Gasteiger partial charge in [0, 0.05) is 6.92 Å². The SMILES string of the molecule is CC(=O)O.O=C1CC=CC=CO1. The molecule has 0 aromatic carbocycles. The Hall–Kier alpha value is -1.58. The van der Waals surface area contributed by atoms with Crippen molar-refractivity contribution in [1.29, 1.82) is 0 Å². The maximum atomic E-state index is 10.4. The second kappa shape index (κ2) is 6.15. The smallest absolute Gasteiger partial charge is 0.314 e. The van der Waals surface area contributed by atoms with E-state index in [4.69, 9.17) is 9.90 Å². The van der Waals surface area contributed by atoms with Crippen LogP contribution in [-0.4, -0.2) is 17.0 Å². The van der Waals surface area contributed by atoms with Crippen molar-refractivity contribution < 1.29 is 19.4 Å². The minimum atomic E-state index is -0.833. The second-order valence-electron chi connectivity index (χ2n) is 1.97. The summed E-state index contributed by atoms with van der Waals surface area (Å²) in [5.41, 5.74) is 0. The van der Waals surface area contributed by atoms with Gasteiger partial charge in [-0.3, -0.25) is 9.59 Å². The van der Waals surface area contributed by atoms with Crippen molar-refractivity contribution in [2.75, 3.05) is 0 Å². The summed E-state index contributed by atoms with van der Waals surface area (Å²) in [4.78, 5) is 19.4. The van der Waals surface area contributed by atoms with Gasteiger partial charge in [-0.2, -0.15) is 0 Å². The Labute approximate surface area is 70.1 Å². The third-order valence-electron chi connectivity index (χ3n) is 0.810. The number of carbonyl (C=O) groups excluding carboxylic acids is 1. The van der Waals surface area contributed by atoms with Gasteiger partial charge >= 0.3 is 5.97 Å². The number of aliphatic carboxylic acids is 1. The summed E-state index contributed by atoms with van der Waals surface area (Å²) < 4.78 is 4.52. The van der Waals surface area contributed by atoms with Gasteiger partial charge in [0.05, 0.1) is 12.7 Å². The zero-order chi connectivity index (χ0) is 9.40. The maximum Gasteiger partial charge on any atom is 0.314 e. The van der Waals surface area contributed by atoms with Crippen LogP contribution in [0.5, 0.6) is 0 Å². The molecular formula is C8H10O4. The molecule has 1 heterocycles. The molecule has 4 nitrogen and oxygen atoms in total. The summed E-state index contributed by atoms with van der Waals surface area (Å²) >= 11 is 0. The monoisotopic (exact) mass is 170 g/mol. The average molecular weight is 170 g/mol. The molecule has 0 radical (unpaired) electrons. The molecule has 0 aliphatic carbocycles. The third kappa shape index (κ3) is 8.42. The fourth-order valence-electron chi connectivity index (χ4n) is 0.451. The van der Waals surface area contributed by atoms with Crippen LogP contribution in [0.4, 0.5) is 0 Å². The molecule has 4 heteroatoms. The standard InChI is InChI=1S/C6H6O2.C2H4O2/c7-6-4-2-1-3-5-8-6;1-2(3)4/h1-3,5H,4H2;1H3,(H,3,4). The maximum absolute atomic E-state index is 10.4. The Bertz CT molecular complexity index is 195. The van der Waals surface area contributed by atoms with Crippen molar-refractivity contribution in [2.45, 2.75) is 13.3 Å². The highest BCUT2D eigenvalue weighted by Gasteiger charge is 1.96. The first-order valence-electron chi connectivity index (χ1n) is 3.33. The third-order valence-corrected chi connectivity index (χ3v) is 0.810. The Morgan fingerprint density at radius 3 is 2.75 bits per heavy atom. The van der Waals surface area contributed by atoms with Gasteiger partial charge in [0.1, 0.15) is 0 Å². The van der Waals surface area contributed by atoms with E-state index in [0.717, 1.165) is 6.92 Å². The Kier molecular flexibility index (Phi) is 5.34. The quantitative estimate of drug-likeness (QED) is 0.553. The van der Waals surface area contributed by atoms with Gasteiger partial charge in [-0.05, 0) is 6.08 Å². The molecule has 0 saturated heterocycles. The highest BCUT2D eigenvalue weighted by molar-refractivity contribution is 5.72. The summed E-state index contributed by atoms with van der Waals surface area (Å²) in [6.07, 6.45) is 6.99. The van der Waals surface area contributed by atoms with Crippen LogP contribution < -0.4 is 0 Å². The molecule has 0 atom stereocenters. The van der Waals surface area contributed by atoms with E-state index >= 15 is 0 Å². The zero-order valence-corrected chi connectivity index (χ0v) is 6.69. The van der Waals surface area contributed by atoms with Crippen molar-refractivity contribution in [3.63, 3.8) is 0 Å². The predicted molar refractivity (Wildman–Crippen MR) is 42.3 cm³/mol. The number of ether oxygens (including phenoxy) is 1. The van der Waals surface area contributed by atoms with Crippen molar-refractivity contribution in [1.82, 2.24) is 0 Å². The summed E-state index contributed by atoms with van der Waals surface area (Å²) in [5, 5.41) is 7.42. The van der Waals surface area contributed by atoms with Crippen LogP contribution in [0.3, 0.4) is 0 Å². The van der Waals surface area contributed by atoms with E-state index in [1.807, 2.05) is 0 Å². The highest BCUT2D eigenvalue weighted by Crippen LogP contribution is 1.94. The Morgan fingerprint density at radius 2 is 2.17 bits per heavy atom. The summed E-state index contributed by atoms with van der Waals surface area (Å²) in [6, 6.07) is 0. The van der Waals surface area contributed by atoms with Gasteiger partial charge in [-0.1, -0.05) is 12.2 Å². The van der Waals surface area contributed by atoms with Crippen LogP contribution in [-0.2, 0) is 14.3 Å². The van der Waals surface area contributed by atoms with Crippen LogP contribution in [0.2, 0.25) is 0 Å². The van der Waals surface area contributed by atoms with Gasteiger partial charge in [-0.25, -0.2) is 0 Å². The number of hydrogen-bond acceptors (Lipinski definition) is 3. The number of cyclic esters (lactones) is 1. The summed E-state index contributed by atoms with van der Waals surface area (Å²) in [7, 11) is 0. The molecule has 1 aliphatic heterocycles. The van der Waals surface area contributed by atoms with Gasteiger partial charge < -0.3 is 9.84 Å². The first-order valence-corrected chi connectivity index (χ1v) is 3.33. The topological polar surface area (TPSA) is 63.6 Å². The first kappa shape index (κ1) is 10.4. The molecule has 0 amide bonds. The van der Waals surface area contributed by atoms with Crippen LogP contribution in [0, 0.1) is 0 Å². The molecule has 0 fully saturated rings. The first-order chi connectivity index (χ1) is 5.63. The molecule has 1 N–H and O–H groups in total. The Morgan fingerprint density at radius 1 is 1.58 bits per heavy atom. The van der Waals surface area contributed by atoms with Crippen LogP contribution in [0.25, 0.3) is 0 Å². The molecule has 1 aliphatic rings. The molecule has 0 spiro atoms. The van der Waals surface area contributed by atoms with E-state index in [-0.39, 0.29) is 5.97 Å². The molecule has 0 saturated carbocycles. The van der Waals surface area contributed by atoms with Crippen molar-refractivity contribution in [3.05, 3.63) is 24.5 Å². The largest absolute Gasteiger partial charge is 0.481 e. The van der Waals surface area contributed by atoms with E-state index in [2.05, 4.69) is 4.74 Å². The number of carboxylic acids is 1. The van der Waals surface area contributed by atoms with E-state index in [9.17, 15) is 4.79 Å². The lowest BCUT2D eigenvalue weighted by Crippen LogP contribution is -1.94. The fraction of sp³-hybridized carbons (Fsp3) is 0.250. The molecular weight excluding hydrogens is 160 g/mol. The molecule has 0 bridgehead atoms. The molecule has 0 aromatic heterocycles. The van der Waals surface area contributed by atoms with Crippen molar-refractivity contribution in [3.8, 4) is 0 Å². The van der Waals surface area contributed by atoms with Gasteiger partial charge in [0.15, 0.2) is 0 Å². The summed E-state index contributed by atoms with van der Waals surface area (Å²) in [5.74, 6) is -1.03. The van der Waals surface area contributed by atoms with Crippen molar-refractivity contribution in [2.24, 2.45) is 0 Å². The minimum absolute atomic E-state index is 0.199. The lowest BCUT2D eigenvalue weighted by atomic mass is 10.4. The van der Waals surface area contributed by atoms with Crippen LogP contribution >= 0.6 is 0 Å². The van der Waals surface area contributed by atoms with E-state index < -0.39 is 5.97 Å². The Balaban J connectivity index is 0.000000261. The average Bonchev–Trinajstić information content (AvgIpc) is 2.14. The van der Waals surface area contributed by atoms with Gasteiger partial charge in [0.25, 0.3) is 5.97 Å². The van der Waals surface area contributed by atoms with Crippen molar-refractivity contribution >= 4 is 11.9 Å². The zero-order valence-electron chi connectivity index (χ0n) is 6.69. The van der Waals surface area contributed by atoms with E-state index in [0.29, 0.717) is 6.42 Å². The number of allylic oxidation sites excluding steroid dienone is 2. The number of esters is 1. The number of hydrogen-bond donors (Lipinski definition) is 1. The van der Waals surface area contributed by atoms with E-state index in [1.165, 1.54) is 6.26 Å². The molecule has 66 valence electrons. The minimum Gasteiger partial charge on any atom is -0.481 e. The second-order valence-corrected chi connectivity index (χ2v) is 1.97.